The number of urea groups is 1. The van der Waals surface area contributed by atoms with Crippen LogP contribution in [0.4, 0.5) is 10.5 Å². The third kappa shape index (κ3) is 7.12. The lowest BCUT2D eigenvalue weighted by Gasteiger charge is -2.32. The van der Waals surface area contributed by atoms with E-state index in [4.69, 9.17) is 5.73 Å². The first-order valence-electron chi connectivity index (χ1n) is 9.10. The number of hydrogen-bond acceptors (Lipinski definition) is 3. The summed E-state index contributed by atoms with van der Waals surface area (Å²) in [6.45, 7) is 6.60. The van der Waals surface area contributed by atoms with E-state index in [1.165, 1.54) is 0 Å². The molecule has 26 heavy (non-hydrogen) atoms. The lowest BCUT2D eigenvalue weighted by atomic mass is 9.97. The molecule has 0 radical (unpaired) electrons. The number of carbonyl (C=O) groups excluding carboxylic acids is 2. The topological polar surface area (TPSA) is 87.5 Å². The molecule has 7 heteroatoms. The Morgan fingerprint density at radius 1 is 1.23 bits per heavy atom. The average molecular weight is 383 g/mol. The highest BCUT2D eigenvalue weighted by molar-refractivity contribution is 5.85. The summed E-state index contributed by atoms with van der Waals surface area (Å²) in [6, 6.07) is 7.62. The second-order valence-electron chi connectivity index (χ2n) is 7.15. The standard InChI is InChI=1S/C19H30N4O2.ClH/c1-14(2)12-22-19(25)23-11-3-4-16(13-23)18(24)21-10-9-15-5-7-17(20)8-6-15;/h5-8,14,16H,3-4,9-13,20H2,1-2H3,(H,21,24)(H,22,25);1H. The van der Waals surface area contributed by atoms with Crippen molar-refractivity contribution in [1.29, 1.82) is 0 Å². The van der Waals surface area contributed by atoms with Gasteiger partial charge in [-0.2, -0.15) is 0 Å². The third-order valence-corrected chi connectivity index (χ3v) is 4.43. The zero-order chi connectivity index (χ0) is 18.2. The number of nitrogens with one attached hydrogen (secondary N) is 2. The molecule has 2 rings (SSSR count). The van der Waals surface area contributed by atoms with Crippen molar-refractivity contribution in [2.75, 3.05) is 31.9 Å². The Balaban J connectivity index is 0.00000338. The van der Waals surface area contributed by atoms with E-state index < -0.39 is 0 Å². The molecule has 1 atom stereocenters. The number of carbonyl (C=O) groups is 2. The van der Waals surface area contributed by atoms with E-state index in [-0.39, 0.29) is 30.3 Å². The van der Waals surface area contributed by atoms with E-state index in [2.05, 4.69) is 24.5 Å². The first kappa shape index (κ1) is 22.1. The number of rotatable bonds is 6. The first-order chi connectivity index (χ1) is 12.0. The van der Waals surface area contributed by atoms with Crippen molar-refractivity contribution in [1.82, 2.24) is 15.5 Å². The fourth-order valence-electron chi connectivity index (χ4n) is 2.94. The van der Waals surface area contributed by atoms with E-state index in [9.17, 15) is 9.59 Å². The van der Waals surface area contributed by atoms with E-state index in [1.54, 1.807) is 4.90 Å². The number of likely N-dealkylation sites (tertiary alicyclic amines) is 1. The summed E-state index contributed by atoms with van der Waals surface area (Å²) in [4.78, 5) is 26.3. The van der Waals surface area contributed by atoms with Crippen LogP contribution in [0, 0.1) is 11.8 Å². The maximum absolute atomic E-state index is 12.4. The molecule has 0 aliphatic carbocycles. The summed E-state index contributed by atoms with van der Waals surface area (Å²) in [5.74, 6) is 0.336. The summed E-state index contributed by atoms with van der Waals surface area (Å²) in [5.41, 5.74) is 7.56. The Morgan fingerprint density at radius 3 is 2.58 bits per heavy atom. The van der Waals surface area contributed by atoms with Gasteiger partial charge in [0, 0.05) is 31.9 Å². The highest BCUT2D eigenvalue weighted by atomic mass is 35.5. The number of amides is 3. The smallest absolute Gasteiger partial charge is 0.317 e. The van der Waals surface area contributed by atoms with Crippen LogP contribution in [-0.2, 0) is 11.2 Å². The number of hydrogen-bond donors (Lipinski definition) is 3. The van der Waals surface area contributed by atoms with Gasteiger partial charge < -0.3 is 21.3 Å². The van der Waals surface area contributed by atoms with Crippen LogP contribution in [0.25, 0.3) is 0 Å². The lowest BCUT2D eigenvalue weighted by Crippen LogP contribution is -2.49. The Bertz CT molecular complexity index is 577. The molecule has 1 fully saturated rings. The van der Waals surface area contributed by atoms with Crippen molar-refractivity contribution >= 4 is 30.0 Å². The van der Waals surface area contributed by atoms with Crippen LogP contribution in [0.1, 0.15) is 32.3 Å². The maximum Gasteiger partial charge on any atom is 0.317 e. The highest BCUT2D eigenvalue weighted by Crippen LogP contribution is 2.17. The second kappa shape index (κ2) is 10.9. The fraction of sp³-hybridized carbons (Fsp3) is 0.579. The summed E-state index contributed by atoms with van der Waals surface area (Å²) >= 11 is 0. The van der Waals surface area contributed by atoms with Crippen LogP contribution < -0.4 is 16.4 Å². The molecule has 0 spiro atoms. The molecule has 1 saturated heterocycles. The van der Waals surface area contributed by atoms with Crippen LogP contribution in [0.5, 0.6) is 0 Å². The zero-order valence-electron chi connectivity index (χ0n) is 15.7. The van der Waals surface area contributed by atoms with Gasteiger partial charge in [0.2, 0.25) is 5.91 Å². The van der Waals surface area contributed by atoms with Crippen LogP contribution in [0.3, 0.4) is 0 Å². The highest BCUT2D eigenvalue weighted by Gasteiger charge is 2.28. The van der Waals surface area contributed by atoms with Crippen molar-refractivity contribution in [3.05, 3.63) is 29.8 Å². The van der Waals surface area contributed by atoms with Gasteiger partial charge in [0.25, 0.3) is 0 Å². The van der Waals surface area contributed by atoms with Gasteiger partial charge in [-0.25, -0.2) is 4.79 Å². The molecule has 4 N–H and O–H groups in total. The number of benzene rings is 1. The number of nitrogens with two attached hydrogens (primary N) is 1. The van der Waals surface area contributed by atoms with Crippen molar-refractivity contribution in [3.63, 3.8) is 0 Å². The number of piperidine rings is 1. The quantitative estimate of drug-likeness (QED) is 0.660. The third-order valence-electron chi connectivity index (χ3n) is 4.43. The summed E-state index contributed by atoms with van der Waals surface area (Å²) < 4.78 is 0. The van der Waals surface area contributed by atoms with Crippen LogP contribution in [0.2, 0.25) is 0 Å². The molecule has 1 aliphatic rings. The minimum Gasteiger partial charge on any atom is -0.399 e. The van der Waals surface area contributed by atoms with E-state index in [0.717, 1.165) is 37.1 Å². The van der Waals surface area contributed by atoms with Gasteiger partial charge in [0.15, 0.2) is 0 Å². The van der Waals surface area contributed by atoms with Gasteiger partial charge in [0.05, 0.1) is 5.92 Å². The van der Waals surface area contributed by atoms with Crippen molar-refractivity contribution in [3.8, 4) is 0 Å². The summed E-state index contributed by atoms with van der Waals surface area (Å²) in [6.07, 6.45) is 2.48. The Hall–Kier alpha value is -1.95. The van der Waals surface area contributed by atoms with Gasteiger partial charge >= 0.3 is 6.03 Å². The van der Waals surface area contributed by atoms with Gasteiger partial charge in [0.1, 0.15) is 0 Å². The van der Waals surface area contributed by atoms with Crippen molar-refractivity contribution in [2.24, 2.45) is 11.8 Å². The Morgan fingerprint density at radius 2 is 1.92 bits per heavy atom. The number of nitrogen functional groups attached to an aromatic ring is 1. The van der Waals surface area contributed by atoms with Crippen LogP contribution in [-0.4, -0.2) is 43.0 Å². The normalized spacial score (nSPS) is 16.7. The molecular weight excluding hydrogens is 352 g/mol. The largest absolute Gasteiger partial charge is 0.399 e. The molecular formula is C19H31ClN4O2. The van der Waals surface area contributed by atoms with E-state index in [1.807, 2.05) is 24.3 Å². The fourth-order valence-corrected chi connectivity index (χ4v) is 2.94. The molecule has 1 aromatic carbocycles. The SMILES string of the molecule is CC(C)CNC(=O)N1CCCC(C(=O)NCCc2ccc(N)cc2)C1.Cl. The maximum atomic E-state index is 12.4. The average Bonchev–Trinajstić information content (AvgIpc) is 2.61. The Kier molecular flexibility index (Phi) is 9.27. The summed E-state index contributed by atoms with van der Waals surface area (Å²) in [7, 11) is 0. The number of halogens is 1. The first-order valence-corrected chi connectivity index (χ1v) is 9.10. The molecule has 1 aromatic rings. The molecule has 146 valence electrons. The van der Waals surface area contributed by atoms with Gasteiger partial charge in [-0.3, -0.25) is 4.79 Å². The van der Waals surface area contributed by atoms with Crippen molar-refractivity contribution in [2.45, 2.75) is 33.1 Å². The number of anilines is 1. The minimum atomic E-state index is -0.120. The minimum absolute atomic E-state index is 0. The molecule has 1 unspecified atom stereocenters. The monoisotopic (exact) mass is 382 g/mol. The predicted octanol–water partition coefficient (Wildman–Crippen LogP) is 2.43. The molecule has 1 aliphatic heterocycles. The zero-order valence-corrected chi connectivity index (χ0v) is 16.5. The molecule has 0 saturated carbocycles. The van der Waals surface area contributed by atoms with Gasteiger partial charge in [-0.1, -0.05) is 26.0 Å². The molecule has 1 heterocycles. The molecule has 6 nitrogen and oxygen atoms in total. The van der Waals surface area contributed by atoms with Gasteiger partial charge in [-0.15, -0.1) is 12.4 Å². The Labute approximate surface area is 162 Å². The van der Waals surface area contributed by atoms with E-state index >= 15 is 0 Å². The summed E-state index contributed by atoms with van der Waals surface area (Å²) in [5, 5.41) is 5.92. The molecule has 0 aromatic heterocycles. The lowest BCUT2D eigenvalue weighted by molar-refractivity contribution is -0.126. The predicted molar refractivity (Wildman–Crippen MR) is 107 cm³/mol. The van der Waals surface area contributed by atoms with Crippen molar-refractivity contribution < 1.29 is 9.59 Å². The second-order valence-corrected chi connectivity index (χ2v) is 7.15. The van der Waals surface area contributed by atoms with E-state index in [0.29, 0.717) is 25.6 Å². The van der Waals surface area contributed by atoms with Crippen LogP contribution >= 0.6 is 12.4 Å². The molecule has 0 bridgehead atoms. The molecule has 3 amide bonds. The van der Waals surface area contributed by atoms with Gasteiger partial charge in [-0.05, 0) is 42.9 Å². The van der Waals surface area contributed by atoms with Crippen LogP contribution in [0.15, 0.2) is 24.3 Å². The number of nitrogens with zero attached hydrogens (tertiary/aromatic N) is 1.